The Bertz CT molecular complexity index is 670. The molecule has 1 atom stereocenters. The summed E-state index contributed by atoms with van der Waals surface area (Å²) in [4.78, 5) is 12.4. The predicted molar refractivity (Wildman–Crippen MR) is 89.1 cm³/mol. The number of aryl methyl sites for hydroxylation is 1. The summed E-state index contributed by atoms with van der Waals surface area (Å²) < 4.78 is 34.0. The van der Waals surface area contributed by atoms with E-state index in [4.69, 9.17) is 4.74 Å². The van der Waals surface area contributed by atoms with Crippen molar-refractivity contribution in [3.63, 3.8) is 0 Å². The van der Waals surface area contributed by atoms with Crippen LogP contribution in [0.25, 0.3) is 0 Å². The summed E-state index contributed by atoms with van der Waals surface area (Å²) in [6, 6.07) is 1.95. The monoisotopic (exact) mass is 342 g/mol. The van der Waals surface area contributed by atoms with Gasteiger partial charge in [-0.1, -0.05) is 0 Å². The van der Waals surface area contributed by atoms with E-state index >= 15 is 0 Å². The third kappa shape index (κ3) is 4.35. The van der Waals surface area contributed by atoms with E-state index in [0.29, 0.717) is 12.2 Å². The first kappa shape index (κ1) is 18.0. The van der Waals surface area contributed by atoms with Crippen molar-refractivity contribution in [3.05, 3.63) is 23.0 Å². The molecule has 0 saturated carbocycles. The average molecular weight is 342 g/mol. The first-order chi connectivity index (χ1) is 10.7. The highest BCUT2D eigenvalue weighted by molar-refractivity contribution is 7.90. The molecular weight excluding hydrogens is 316 g/mol. The molecule has 6 nitrogen and oxygen atoms in total. The summed E-state index contributed by atoms with van der Waals surface area (Å²) in [5.74, 6) is -0.734. The summed E-state index contributed by atoms with van der Waals surface area (Å²) in [6.07, 6.45) is 2.32. The molecule has 0 radical (unpaired) electrons. The highest BCUT2D eigenvalue weighted by Gasteiger charge is 2.26. The molecule has 1 aliphatic heterocycles. The van der Waals surface area contributed by atoms with Gasteiger partial charge in [-0.05, 0) is 53.0 Å². The minimum absolute atomic E-state index is 0.165. The molecule has 0 aliphatic carbocycles. The fraction of sp³-hybridized carbons (Fsp3) is 0.688. The number of ether oxygens (including phenoxy) is 1. The van der Waals surface area contributed by atoms with E-state index in [1.165, 1.54) is 0 Å². The van der Waals surface area contributed by atoms with Gasteiger partial charge in [0, 0.05) is 24.0 Å². The first-order valence-corrected chi connectivity index (χ1v) is 9.71. The molecule has 1 fully saturated rings. The van der Waals surface area contributed by atoms with Crippen LogP contribution in [0.1, 0.15) is 60.9 Å². The number of nitrogens with zero attached hydrogens (tertiary/aromatic N) is 1. The van der Waals surface area contributed by atoms with Crippen LogP contribution in [0.15, 0.2) is 6.07 Å². The second-order valence-corrected chi connectivity index (χ2v) is 8.22. The number of sulfonamides is 1. The van der Waals surface area contributed by atoms with Gasteiger partial charge in [-0.15, -0.1) is 0 Å². The van der Waals surface area contributed by atoms with Crippen LogP contribution in [-0.4, -0.2) is 37.4 Å². The van der Waals surface area contributed by atoms with Crippen molar-refractivity contribution in [2.45, 2.75) is 59.1 Å². The maximum atomic E-state index is 12.4. The number of carbonyl (C=O) groups excluding carboxylic acids is 1. The minimum atomic E-state index is -3.70. The molecule has 1 aromatic rings. The highest BCUT2D eigenvalue weighted by Crippen LogP contribution is 2.20. The molecule has 0 bridgehead atoms. The van der Waals surface area contributed by atoms with Gasteiger partial charge in [0.25, 0.3) is 5.91 Å². The third-order valence-corrected chi connectivity index (χ3v) is 5.48. The van der Waals surface area contributed by atoms with E-state index in [9.17, 15) is 13.2 Å². The summed E-state index contributed by atoms with van der Waals surface area (Å²) in [5.41, 5.74) is 2.12. The van der Waals surface area contributed by atoms with Crippen LogP contribution in [-0.2, 0) is 14.8 Å². The van der Waals surface area contributed by atoms with Crippen molar-refractivity contribution in [2.24, 2.45) is 0 Å². The van der Waals surface area contributed by atoms with Crippen LogP contribution in [0.2, 0.25) is 0 Å². The van der Waals surface area contributed by atoms with Crippen LogP contribution in [0.3, 0.4) is 0 Å². The molecule has 130 valence electrons. The molecule has 1 aliphatic rings. The average Bonchev–Trinajstić information content (AvgIpc) is 2.74. The Morgan fingerprint density at radius 1 is 1.39 bits per heavy atom. The lowest BCUT2D eigenvalue weighted by Crippen LogP contribution is -2.38. The predicted octanol–water partition coefficient (Wildman–Crippen LogP) is 2.31. The summed E-state index contributed by atoms with van der Waals surface area (Å²) >= 11 is 0. The van der Waals surface area contributed by atoms with Gasteiger partial charge in [0.15, 0.2) is 0 Å². The normalized spacial score (nSPS) is 19.1. The maximum absolute atomic E-state index is 12.4. The second kappa shape index (κ2) is 7.05. The highest BCUT2D eigenvalue weighted by atomic mass is 32.2. The molecule has 1 saturated heterocycles. The molecule has 2 heterocycles. The summed E-state index contributed by atoms with van der Waals surface area (Å²) in [5, 5.41) is 0. The van der Waals surface area contributed by atoms with Crippen LogP contribution in [0.5, 0.6) is 0 Å². The molecule has 23 heavy (non-hydrogen) atoms. The van der Waals surface area contributed by atoms with Gasteiger partial charge in [-0.25, -0.2) is 13.1 Å². The standard InChI is InChI=1S/C16H26N2O4S/c1-11(2)18-12(3)9-15(13(18)4)16(19)17-23(20,21)10-14-7-5-6-8-22-14/h9,11,14H,5-8,10H2,1-4H3,(H,17,19)/t14-/m1/s1. The lowest BCUT2D eigenvalue weighted by Gasteiger charge is -2.22. The van der Waals surface area contributed by atoms with E-state index < -0.39 is 15.9 Å². The Balaban J connectivity index is 2.10. The van der Waals surface area contributed by atoms with Gasteiger partial charge in [0.05, 0.1) is 17.4 Å². The molecule has 7 heteroatoms. The van der Waals surface area contributed by atoms with Crippen molar-refractivity contribution in [1.29, 1.82) is 0 Å². The van der Waals surface area contributed by atoms with Crippen molar-refractivity contribution in [1.82, 2.24) is 9.29 Å². The number of carbonyl (C=O) groups is 1. The smallest absolute Gasteiger partial charge is 0.266 e. The zero-order valence-electron chi connectivity index (χ0n) is 14.3. The number of hydrogen-bond acceptors (Lipinski definition) is 4. The Labute approximate surface area is 138 Å². The number of amides is 1. The lowest BCUT2D eigenvalue weighted by molar-refractivity contribution is 0.0304. The van der Waals surface area contributed by atoms with Crippen LogP contribution < -0.4 is 4.72 Å². The zero-order chi connectivity index (χ0) is 17.2. The molecule has 1 amide bonds. The Kier molecular flexibility index (Phi) is 5.52. The van der Waals surface area contributed by atoms with E-state index in [0.717, 1.165) is 30.7 Å². The third-order valence-electron chi connectivity index (χ3n) is 4.17. The second-order valence-electron chi connectivity index (χ2n) is 6.45. The van der Waals surface area contributed by atoms with Gasteiger partial charge >= 0.3 is 0 Å². The Morgan fingerprint density at radius 2 is 2.09 bits per heavy atom. The lowest BCUT2D eigenvalue weighted by atomic mass is 10.1. The van der Waals surface area contributed by atoms with E-state index in [1.54, 1.807) is 6.07 Å². The Morgan fingerprint density at radius 3 is 2.61 bits per heavy atom. The van der Waals surface area contributed by atoms with Gasteiger partial charge in [-0.3, -0.25) is 4.79 Å². The van der Waals surface area contributed by atoms with Gasteiger partial charge < -0.3 is 9.30 Å². The number of aromatic nitrogens is 1. The fourth-order valence-electron chi connectivity index (χ4n) is 3.22. The van der Waals surface area contributed by atoms with Gasteiger partial charge in [0.1, 0.15) is 0 Å². The van der Waals surface area contributed by atoms with Gasteiger partial charge in [-0.2, -0.15) is 0 Å². The molecule has 1 N–H and O–H groups in total. The topological polar surface area (TPSA) is 77.4 Å². The van der Waals surface area contributed by atoms with E-state index in [2.05, 4.69) is 4.72 Å². The van der Waals surface area contributed by atoms with Crippen molar-refractivity contribution < 1.29 is 17.9 Å². The molecule has 2 rings (SSSR count). The van der Waals surface area contributed by atoms with Gasteiger partial charge in [0.2, 0.25) is 10.0 Å². The fourth-order valence-corrected chi connectivity index (χ4v) is 4.45. The largest absolute Gasteiger partial charge is 0.377 e. The number of nitrogens with one attached hydrogen (secondary N) is 1. The van der Waals surface area contributed by atoms with Crippen molar-refractivity contribution >= 4 is 15.9 Å². The van der Waals surface area contributed by atoms with Crippen LogP contribution >= 0.6 is 0 Å². The first-order valence-electron chi connectivity index (χ1n) is 8.06. The molecule has 0 spiro atoms. The molecular formula is C16H26N2O4S. The Hall–Kier alpha value is -1.34. The van der Waals surface area contributed by atoms with Crippen LogP contribution in [0, 0.1) is 13.8 Å². The van der Waals surface area contributed by atoms with Crippen molar-refractivity contribution in [2.75, 3.05) is 12.4 Å². The summed E-state index contributed by atoms with van der Waals surface area (Å²) in [6.45, 7) is 8.38. The quantitative estimate of drug-likeness (QED) is 0.891. The molecule has 0 aromatic carbocycles. The van der Waals surface area contributed by atoms with E-state index in [1.807, 2.05) is 32.3 Å². The number of hydrogen-bond donors (Lipinski definition) is 1. The zero-order valence-corrected chi connectivity index (χ0v) is 15.1. The minimum Gasteiger partial charge on any atom is -0.377 e. The number of rotatable bonds is 5. The SMILES string of the molecule is Cc1cc(C(=O)NS(=O)(=O)C[C@H]2CCCCO2)c(C)n1C(C)C. The molecule has 1 aromatic heterocycles. The maximum Gasteiger partial charge on any atom is 0.266 e. The van der Waals surface area contributed by atoms with Crippen LogP contribution in [0.4, 0.5) is 0 Å². The van der Waals surface area contributed by atoms with Crippen molar-refractivity contribution in [3.8, 4) is 0 Å². The summed E-state index contributed by atoms with van der Waals surface area (Å²) in [7, 11) is -3.70. The molecule has 0 unspecified atom stereocenters. The van der Waals surface area contributed by atoms with E-state index in [-0.39, 0.29) is 17.9 Å².